The predicted molar refractivity (Wildman–Crippen MR) is 124 cm³/mol. The van der Waals surface area contributed by atoms with Crippen LogP contribution in [0.5, 0.6) is 0 Å². The number of benzene rings is 3. The fraction of sp³-hybridized carbons (Fsp3) is 0.125. The fourth-order valence-corrected chi connectivity index (χ4v) is 3.51. The van der Waals surface area contributed by atoms with Crippen molar-refractivity contribution in [1.82, 2.24) is 10.3 Å². The summed E-state index contributed by atoms with van der Waals surface area (Å²) in [5.74, 6) is 0.325. The lowest BCUT2D eigenvalue weighted by Crippen LogP contribution is -2.34. The highest BCUT2D eigenvalue weighted by atomic mass is 32.1. The van der Waals surface area contributed by atoms with Gasteiger partial charge in [-0.2, -0.15) is 0 Å². The maximum absolute atomic E-state index is 12.4. The van der Waals surface area contributed by atoms with Crippen LogP contribution in [0.25, 0.3) is 22.6 Å². The fourth-order valence-electron chi connectivity index (χ4n) is 3.29. The number of oxazole rings is 1. The van der Waals surface area contributed by atoms with E-state index >= 15 is 0 Å². The number of aryl methyl sites for hydroxylation is 3. The Balaban J connectivity index is 1.43. The minimum atomic E-state index is -0.238. The number of nitrogens with one attached hydrogen (secondary N) is 2. The second kappa shape index (κ2) is 8.08. The van der Waals surface area contributed by atoms with Crippen LogP contribution >= 0.6 is 12.2 Å². The molecule has 0 saturated carbocycles. The van der Waals surface area contributed by atoms with Gasteiger partial charge < -0.3 is 9.73 Å². The summed E-state index contributed by atoms with van der Waals surface area (Å²) < 4.78 is 5.86. The van der Waals surface area contributed by atoms with E-state index in [1.165, 1.54) is 0 Å². The molecule has 1 aromatic heterocycles. The number of anilines is 1. The molecule has 0 aliphatic carbocycles. The van der Waals surface area contributed by atoms with Crippen molar-refractivity contribution >= 4 is 40.0 Å². The molecule has 0 aliphatic rings. The summed E-state index contributed by atoms with van der Waals surface area (Å²) in [5, 5.41) is 5.99. The normalized spacial score (nSPS) is 10.8. The topological polar surface area (TPSA) is 67.2 Å². The molecule has 2 N–H and O–H groups in total. The van der Waals surface area contributed by atoms with E-state index < -0.39 is 0 Å². The summed E-state index contributed by atoms with van der Waals surface area (Å²) in [7, 11) is 0. The van der Waals surface area contributed by atoms with E-state index in [2.05, 4.69) is 15.6 Å². The number of hydrogen-bond donors (Lipinski definition) is 2. The van der Waals surface area contributed by atoms with Crippen LogP contribution in [-0.4, -0.2) is 16.0 Å². The third-order valence-corrected chi connectivity index (χ3v) is 4.85. The lowest BCUT2D eigenvalue weighted by atomic mass is 10.1. The molecule has 0 atom stereocenters. The zero-order chi connectivity index (χ0) is 21.3. The van der Waals surface area contributed by atoms with Gasteiger partial charge in [-0.05, 0) is 87.1 Å². The molecule has 0 fully saturated rings. The van der Waals surface area contributed by atoms with Crippen molar-refractivity contribution in [1.29, 1.82) is 0 Å². The summed E-state index contributed by atoms with van der Waals surface area (Å²) in [5.41, 5.74) is 6.99. The van der Waals surface area contributed by atoms with E-state index in [0.29, 0.717) is 11.5 Å². The second-order valence-corrected chi connectivity index (χ2v) is 7.76. The number of carbonyl (C=O) groups excluding carboxylic acids is 1. The molecule has 6 heteroatoms. The van der Waals surface area contributed by atoms with Crippen molar-refractivity contribution in [3.63, 3.8) is 0 Å². The monoisotopic (exact) mass is 415 g/mol. The second-order valence-electron chi connectivity index (χ2n) is 7.35. The first-order chi connectivity index (χ1) is 14.4. The van der Waals surface area contributed by atoms with Gasteiger partial charge in [-0.25, -0.2) is 4.98 Å². The number of rotatable bonds is 3. The van der Waals surface area contributed by atoms with Crippen molar-refractivity contribution < 1.29 is 9.21 Å². The van der Waals surface area contributed by atoms with Crippen LogP contribution in [-0.2, 0) is 0 Å². The lowest BCUT2D eigenvalue weighted by molar-refractivity contribution is 0.0977. The molecular formula is C24H21N3O2S. The third-order valence-electron chi connectivity index (χ3n) is 4.64. The molecule has 0 aliphatic heterocycles. The molecule has 0 bridgehead atoms. The zero-order valence-corrected chi connectivity index (χ0v) is 17.8. The molecular weight excluding hydrogens is 394 g/mol. The maximum Gasteiger partial charge on any atom is 0.257 e. The Hall–Kier alpha value is -3.51. The first kappa shape index (κ1) is 19.8. The summed E-state index contributed by atoms with van der Waals surface area (Å²) in [6.45, 7) is 5.93. The highest BCUT2D eigenvalue weighted by Gasteiger charge is 2.11. The Morgan fingerprint density at radius 1 is 0.900 bits per heavy atom. The van der Waals surface area contributed by atoms with Crippen molar-refractivity contribution in [3.05, 3.63) is 82.9 Å². The standard InChI is InChI=1S/C24H21N3O2S/c1-14-4-9-20-21(13-14)29-23(26-20)17-5-7-19(8-6-17)25-24(30)27-22(28)18-11-15(2)10-16(3)12-18/h4-13H,1-3H3,(H2,25,27,28,30). The molecule has 3 aromatic carbocycles. The van der Waals surface area contributed by atoms with Gasteiger partial charge in [0.1, 0.15) is 5.52 Å². The molecule has 0 spiro atoms. The highest BCUT2D eigenvalue weighted by Crippen LogP contribution is 2.26. The maximum atomic E-state index is 12.4. The average molecular weight is 416 g/mol. The lowest BCUT2D eigenvalue weighted by Gasteiger charge is -2.10. The van der Waals surface area contributed by atoms with E-state index in [1.807, 2.05) is 81.4 Å². The van der Waals surface area contributed by atoms with Crippen LogP contribution in [0.4, 0.5) is 5.69 Å². The van der Waals surface area contributed by atoms with E-state index in [9.17, 15) is 4.79 Å². The SMILES string of the molecule is Cc1cc(C)cc(C(=O)NC(=S)Nc2ccc(-c3nc4ccc(C)cc4o3)cc2)c1. The quantitative estimate of drug-likeness (QED) is 0.430. The molecule has 0 saturated heterocycles. The van der Waals surface area contributed by atoms with Gasteiger partial charge in [0.05, 0.1) is 0 Å². The van der Waals surface area contributed by atoms with Gasteiger partial charge in [0.2, 0.25) is 5.89 Å². The van der Waals surface area contributed by atoms with E-state index in [0.717, 1.165) is 39.0 Å². The van der Waals surface area contributed by atoms with Crippen LogP contribution in [0.3, 0.4) is 0 Å². The van der Waals surface area contributed by atoms with Crippen LogP contribution in [0.2, 0.25) is 0 Å². The summed E-state index contributed by atoms with van der Waals surface area (Å²) in [6, 6.07) is 19.1. The number of amides is 1. The summed E-state index contributed by atoms with van der Waals surface area (Å²) in [4.78, 5) is 17.0. The average Bonchev–Trinajstić information content (AvgIpc) is 3.10. The number of thiocarbonyl (C=S) groups is 1. The third kappa shape index (κ3) is 4.39. The van der Waals surface area contributed by atoms with Gasteiger partial charge in [-0.1, -0.05) is 23.3 Å². The minimum Gasteiger partial charge on any atom is -0.436 e. The number of fused-ring (bicyclic) bond motifs is 1. The molecule has 4 aromatic rings. The van der Waals surface area contributed by atoms with Crippen LogP contribution in [0.15, 0.2) is 65.1 Å². The van der Waals surface area contributed by atoms with E-state index in [1.54, 1.807) is 0 Å². The largest absolute Gasteiger partial charge is 0.436 e. The van der Waals surface area contributed by atoms with Gasteiger partial charge in [0.25, 0.3) is 5.91 Å². The molecule has 4 rings (SSSR count). The van der Waals surface area contributed by atoms with Crippen LogP contribution < -0.4 is 10.6 Å². The van der Waals surface area contributed by atoms with Crippen molar-refractivity contribution in [2.75, 3.05) is 5.32 Å². The Morgan fingerprint density at radius 2 is 1.60 bits per heavy atom. The Labute approximate surface area is 180 Å². The highest BCUT2D eigenvalue weighted by molar-refractivity contribution is 7.80. The molecule has 150 valence electrons. The molecule has 0 unspecified atom stereocenters. The molecule has 5 nitrogen and oxygen atoms in total. The molecule has 30 heavy (non-hydrogen) atoms. The first-order valence-electron chi connectivity index (χ1n) is 9.56. The van der Waals surface area contributed by atoms with Crippen LogP contribution in [0, 0.1) is 20.8 Å². The smallest absolute Gasteiger partial charge is 0.257 e. The number of carbonyl (C=O) groups is 1. The van der Waals surface area contributed by atoms with E-state index in [4.69, 9.17) is 16.6 Å². The van der Waals surface area contributed by atoms with Crippen molar-refractivity contribution in [2.45, 2.75) is 20.8 Å². The first-order valence-corrected chi connectivity index (χ1v) is 9.96. The van der Waals surface area contributed by atoms with Crippen molar-refractivity contribution in [2.24, 2.45) is 0 Å². The minimum absolute atomic E-state index is 0.238. The molecule has 1 heterocycles. The van der Waals surface area contributed by atoms with E-state index in [-0.39, 0.29) is 11.0 Å². The zero-order valence-electron chi connectivity index (χ0n) is 16.9. The van der Waals surface area contributed by atoms with Crippen LogP contribution in [0.1, 0.15) is 27.0 Å². The Morgan fingerprint density at radius 3 is 2.30 bits per heavy atom. The number of hydrogen-bond acceptors (Lipinski definition) is 4. The van der Waals surface area contributed by atoms with Crippen molar-refractivity contribution in [3.8, 4) is 11.5 Å². The summed E-state index contributed by atoms with van der Waals surface area (Å²) >= 11 is 5.29. The van der Waals surface area contributed by atoms with Gasteiger partial charge >= 0.3 is 0 Å². The van der Waals surface area contributed by atoms with Gasteiger partial charge in [-0.3, -0.25) is 10.1 Å². The van der Waals surface area contributed by atoms with Gasteiger partial charge in [0.15, 0.2) is 10.7 Å². The predicted octanol–water partition coefficient (Wildman–Crippen LogP) is 5.55. The molecule has 1 amide bonds. The Kier molecular flexibility index (Phi) is 5.33. The Bertz CT molecular complexity index is 1240. The van der Waals surface area contributed by atoms with Gasteiger partial charge in [-0.15, -0.1) is 0 Å². The molecule has 0 radical (unpaired) electrons. The number of aromatic nitrogens is 1. The summed E-state index contributed by atoms with van der Waals surface area (Å²) in [6.07, 6.45) is 0. The number of nitrogens with zero attached hydrogens (tertiary/aromatic N) is 1. The van der Waals surface area contributed by atoms with Gasteiger partial charge in [0, 0.05) is 16.8 Å².